The van der Waals surface area contributed by atoms with Gasteiger partial charge in [-0.1, -0.05) is 18.2 Å². The number of nitrogens with one attached hydrogen (secondary N) is 1. The lowest BCUT2D eigenvalue weighted by Crippen LogP contribution is -2.16. The lowest BCUT2D eigenvalue weighted by atomic mass is 10.2. The zero-order valence-corrected chi connectivity index (χ0v) is 11.9. The first-order valence-corrected chi connectivity index (χ1v) is 7.28. The molecule has 100 valence electrons. The van der Waals surface area contributed by atoms with E-state index < -0.39 is 0 Å². The predicted octanol–water partition coefficient (Wildman–Crippen LogP) is 4.22. The molecule has 0 saturated heterocycles. The minimum absolute atomic E-state index is 0.134. The Morgan fingerprint density at radius 2 is 2.15 bits per heavy atom. The van der Waals surface area contributed by atoms with Crippen molar-refractivity contribution in [2.24, 2.45) is 0 Å². The minimum atomic E-state index is 0.134. The van der Waals surface area contributed by atoms with Crippen LogP contribution in [0.25, 0.3) is 11.0 Å². The molecule has 0 aliphatic rings. The monoisotopic (exact) mass is 282 g/mol. The van der Waals surface area contributed by atoms with Gasteiger partial charge in [0.2, 0.25) is 0 Å². The van der Waals surface area contributed by atoms with Crippen LogP contribution in [0, 0.1) is 11.3 Å². The van der Waals surface area contributed by atoms with E-state index in [1.807, 2.05) is 36.4 Å². The third-order valence-corrected chi connectivity index (χ3v) is 4.22. The Morgan fingerprint density at radius 1 is 1.30 bits per heavy atom. The van der Waals surface area contributed by atoms with Crippen molar-refractivity contribution in [3.8, 4) is 6.07 Å². The highest BCUT2D eigenvalue weighted by Crippen LogP contribution is 2.24. The van der Waals surface area contributed by atoms with E-state index in [4.69, 9.17) is 9.68 Å². The van der Waals surface area contributed by atoms with Crippen molar-refractivity contribution in [2.75, 3.05) is 0 Å². The van der Waals surface area contributed by atoms with Crippen LogP contribution in [0.5, 0.6) is 0 Å². The quantitative estimate of drug-likeness (QED) is 0.779. The molecule has 0 spiro atoms. The molecule has 1 atom stereocenters. The summed E-state index contributed by atoms with van der Waals surface area (Å²) in [5.74, 6) is 0.934. The van der Waals surface area contributed by atoms with Crippen LogP contribution in [0.1, 0.15) is 28.5 Å². The molecule has 4 heteroatoms. The molecule has 1 aromatic carbocycles. The van der Waals surface area contributed by atoms with Gasteiger partial charge < -0.3 is 9.73 Å². The number of nitriles is 1. The van der Waals surface area contributed by atoms with E-state index in [0.29, 0.717) is 0 Å². The van der Waals surface area contributed by atoms with Crippen LogP contribution in [-0.4, -0.2) is 0 Å². The number of hydrogen-bond acceptors (Lipinski definition) is 4. The molecule has 0 amide bonds. The predicted molar refractivity (Wildman–Crippen MR) is 80.5 cm³/mol. The van der Waals surface area contributed by atoms with E-state index >= 15 is 0 Å². The van der Waals surface area contributed by atoms with E-state index in [0.717, 1.165) is 33.0 Å². The van der Waals surface area contributed by atoms with Gasteiger partial charge in [-0.05, 0) is 31.2 Å². The number of hydrogen-bond donors (Lipinski definition) is 1. The van der Waals surface area contributed by atoms with Crippen LogP contribution in [-0.2, 0) is 6.54 Å². The first kappa shape index (κ1) is 12.9. The van der Waals surface area contributed by atoms with Crippen molar-refractivity contribution in [1.29, 1.82) is 5.26 Å². The molecule has 0 aliphatic carbocycles. The zero-order chi connectivity index (χ0) is 13.9. The van der Waals surface area contributed by atoms with Crippen molar-refractivity contribution in [3.63, 3.8) is 0 Å². The van der Waals surface area contributed by atoms with Gasteiger partial charge in [0.15, 0.2) is 0 Å². The lowest BCUT2D eigenvalue weighted by molar-refractivity contribution is 0.452. The van der Waals surface area contributed by atoms with Crippen molar-refractivity contribution in [3.05, 3.63) is 58.0 Å². The standard InChI is InChI=1S/C16H14N2OS/c1-11(18-10-14-7-6-13(9-17)20-14)16-8-12-4-2-3-5-15(12)19-16/h2-8,11,18H,10H2,1H3. The molecule has 3 aromatic rings. The maximum atomic E-state index is 8.81. The highest BCUT2D eigenvalue weighted by Gasteiger charge is 2.11. The second-order valence-electron chi connectivity index (χ2n) is 4.67. The summed E-state index contributed by atoms with van der Waals surface area (Å²) in [5.41, 5.74) is 0.916. The van der Waals surface area contributed by atoms with Gasteiger partial charge in [0, 0.05) is 16.8 Å². The zero-order valence-electron chi connectivity index (χ0n) is 11.1. The molecule has 1 N–H and O–H groups in total. The minimum Gasteiger partial charge on any atom is -0.459 e. The Balaban J connectivity index is 1.69. The summed E-state index contributed by atoms with van der Waals surface area (Å²) in [7, 11) is 0. The molecular weight excluding hydrogens is 268 g/mol. The largest absolute Gasteiger partial charge is 0.459 e. The van der Waals surface area contributed by atoms with Gasteiger partial charge in [-0.25, -0.2) is 0 Å². The second kappa shape index (κ2) is 5.49. The molecule has 2 aromatic heterocycles. The van der Waals surface area contributed by atoms with Gasteiger partial charge in [0.05, 0.1) is 6.04 Å². The summed E-state index contributed by atoms with van der Waals surface area (Å²) in [6.07, 6.45) is 0. The number of fused-ring (bicyclic) bond motifs is 1. The van der Waals surface area contributed by atoms with Crippen molar-refractivity contribution in [1.82, 2.24) is 5.32 Å². The molecule has 0 radical (unpaired) electrons. The highest BCUT2D eigenvalue weighted by molar-refractivity contribution is 7.12. The summed E-state index contributed by atoms with van der Waals surface area (Å²) in [4.78, 5) is 1.91. The fourth-order valence-electron chi connectivity index (χ4n) is 2.10. The normalized spacial score (nSPS) is 12.4. The summed E-state index contributed by atoms with van der Waals surface area (Å²) >= 11 is 1.52. The van der Waals surface area contributed by atoms with Crippen LogP contribution < -0.4 is 5.32 Å². The molecule has 0 aliphatic heterocycles. The van der Waals surface area contributed by atoms with E-state index in [2.05, 4.69) is 24.4 Å². The van der Waals surface area contributed by atoms with Crippen molar-refractivity contribution >= 4 is 22.3 Å². The van der Waals surface area contributed by atoms with Crippen molar-refractivity contribution < 1.29 is 4.42 Å². The van der Waals surface area contributed by atoms with E-state index in [1.54, 1.807) is 0 Å². The van der Waals surface area contributed by atoms with E-state index in [-0.39, 0.29) is 6.04 Å². The summed E-state index contributed by atoms with van der Waals surface area (Å²) < 4.78 is 5.83. The SMILES string of the molecule is CC(NCc1ccc(C#N)s1)c1cc2ccccc2o1. The van der Waals surface area contributed by atoms with Crippen LogP contribution in [0.4, 0.5) is 0 Å². The van der Waals surface area contributed by atoms with Crippen molar-refractivity contribution in [2.45, 2.75) is 19.5 Å². The number of furan rings is 1. The van der Waals surface area contributed by atoms with Gasteiger partial charge in [-0.2, -0.15) is 5.26 Å². The third-order valence-electron chi connectivity index (χ3n) is 3.23. The lowest BCUT2D eigenvalue weighted by Gasteiger charge is -2.09. The summed E-state index contributed by atoms with van der Waals surface area (Å²) in [5, 5.41) is 13.4. The Morgan fingerprint density at radius 3 is 2.90 bits per heavy atom. The van der Waals surface area contributed by atoms with Crippen LogP contribution in [0.15, 0.2) is 46.9 Å². The fourth-order valence-corrected chi connectivity index (χ4v) is 2.86. The topological polar surface area (TPSA) is 49.0 Å². The van der Waals surface area contributed by atoms with Gasteiger partial charge in [-0.3, -0.25) is 0 Å². The highest BCUT2D eigenvalue weighted by atomic mass is 32.1. The molecule has 1 unspecified atom stereocenters. The third kappa shape index (κ3) is 2.60. The maximum absolute atomic E-state index is 8.81. The Kier molecular flexibility index (Phi) is 3.55. The fraction of sp³-hybridized carbons (Fsp3) is 0.188. The molecular formula is C16H14N2OS. The second-order valence-corrected chi connectivity index (χ2v) is 5.84. The molecule has 0 fully saturated rings. The average Bonchev–Trinajstić information content (AvgIpc) is 3.10. The molecule has 2 heterocycles. The van der Waals surface area contributed by atoms with Gasteiger partial charge >= 0.3 is 0 Å². The molecule has 0 bridgehead atoms. The van der Waals surface area contributed by atoms with Gasteiger partial charge in [-0.15, -0.1) is 11.3 Å². The first-order valence-electron chi connectivity index (χ1n) is 6.47. The van der Waals surface area contributed by atoms with Crippen LogP contribution in [0.2, 0.25) is 0 Å². The van der Waals surface area contributed by atoms with Gasteiger partial charge in [0.25, 0.3) is 0 Å². The number of thiophene rings is 1. The summed E-state index contributed by atoms with van der Waals surface area (Å²) in [6.45, 7) is 2.82. The van der Waals surface area contributed by atoms with E-state index in [9.17, 15) is 0 Å². The first-order chi connectivity index (χ1) is 9.76. The number of rotatable bonds is 4. The van der Waals surface area contributed by atoms with Crippen LogP contribution in [0.3, 0.4) is 0 Å². The smallest absolute Gasteiger partial charge is 0.134 e. The molecule has 3 rings (SSSR count). The number of nitrogens with zero attached hydrogens (tertiary/aromatic N) is 1. The molecule has 3 nitrogen and oxygen atoms in total. The summed E-state index contributed by atoms with van der Waals surface area (Å²) in [6, 6.07) is 16.2. The van der Waals surface area contributed by atoms with Crippen LogP contribution >= 0.6 is 11.3 Å². The number of para-hydroxylation sites is 1. The maximum Gasteiger partial charge on any atom is 0.134 e. The Bertz CT molecular complexity index is 733. The van der Waals surface area contributed by atoms with Gasteiger partial charge in [0.1, 0.15) is 22.3 Å². The Labute approximate surface area is 121 Å². The average molecular weight is 282 g/mol. The molecule has 20 heavy (non-hydrogen) atoms. The van der Waals surface area contributed by atoms with E-state index in [1.165, 1.54) is 11.3 Å². The molecule has 0 saturated carbocycles. The Hall–Kier alpha value is -2.09. The number of benzene rings is 1.